The largest absolute Gasteiger partial charge is 0.399 e. The third-order valence-electron chi connectivity index (χ3n) is 7.12. The Bertz CT molecular complexity index is 1280. The number of ether oxygens (including phenoxy) is 2. The van der Waals surface area contributed by atoms with Crippen LogP contribution < -0.4 is 5.73 Å². The molecule has 0 spiro atoms. The third kappa shape index (κ3) is 6.29. The van der Waals surface area contributed by atoms with Crippen LogP contribution >= 0.6 is 0 Å². The van der Waals surface area contributed by atoms with Crippen molar-refractivity contribution in [2.24, 2.45) is 0 Å². The number of nitrogens with two attached hydrogens (primary N) is 1. The summed E-state index contributed by atoms with van der Waals surface area (Å²) >= 11 is 0. The molecule has 1 saturated heterocycles. The second kappa shape index (κ2) is 12.3. The van der Waals surface area contributed by atoms with Crippen molar-refractivity contribution < 1.29 is 14.6 Å². The van der Waals surface area contributed by atoms with Crippen molar-refractivity contribution in [3.05, 3.63) is 131 Å². The third-order valence-corrected chi connectivity index (χ3v) is 7.12. The normalized spacial score (nSPS) is 21.4. The first-order chi connectivity index (χ1) is 18.6. The SMILES string of the molecule is CN(CCc1ccccn1)CC1OC(c2cccc(N)c2)OC(c2ccc(CO)cc2)C1c1ccccc1. The van der Waals surface area contributed by atoms with Crippen LogP contribution in [0, 0.1) is 0 Å². The van der Waals surface area contributed by atoms with Crippen molar-refractivity contribution in [3.8, 4) is 0 Å². The van der Waals surface area contributed by atoms with Crippen molar-refractivity contribution >= 4 is 5.69 Å². The second-order valence-electron chi connectivity index (χ2n) is 9.90. The van der Waals surface area contributed by atoms with Crippen molar-refractivity contribution in [1.29, 1.82) is 0 Å². The fraction of sp³-hybridized carbons (Fsp3) is 0.281. The molecule has 6 heteroatoms. The molecular formula is C32H35N3O3. The standard InChI is InChI=1S/C32H35N3O3/c1-35(19-17-28-12-5-6-18-34-28)21-29-30(24-8-3-2-4-9-24)31(25-15-13-23(22-36)14-16-25)38-32(37-29)26-10-7-11-27(33)20-26/h2-16,18,20,29-32,36H,17,19,21-22,33H2,1H3. The van der Waals surface area contributed by atoms with E-state index in [0.717, 1.165) is 47.5 Å². The Morgan fingerprint density at radius 3 is 2.32 bits per heavy atom. The van der Waals surface area contributed by atoms with Gasteiger partial charge in [0.2, 0.25) is 0 Å². The van der Waals surface area contributed by atoms with Crippen LogP contribution in [0.2, 0.25) is 0 Å². The molecule has 0 radical (unpaired) electrons. The van der Waals surface area contributed by atoms with E-state index in [-0.39, 0.29) is 24.7 Å². The van der Waals surface area contributed by atoms with Crippen LogP contribution in [0.1, 0.15) is 46.3 Å². The molecule has 1 aliphatic heterocycles. The molecule has 4 aromatic rings. The summed E-state index contributed by atoms with van der Waals surface area (Å²) in [6, 6.07) is 32.2. The highest BCUT2D eigenvalue weighted by Crippen LogP contribution is 2.47. The molecule has 0 saturated carbocycles. The number of hydrogen-bond donors (Lipinski definition) is 2. The molecule has 3 N–H and O–H groups in total. The lowest BCUT2D eigenvalue weighted by Gasteiger charge is -2.44. The predicted molar refractivity (Wildman–Crippen MR) is 149 cm³/mol. The maximum absolute atomic E-state index is 9.59. The minimum Gasteiger partial charge on any atom is -0.399 e. The van der Waals surface area contributed by atoms with Crippen LogP contribution in [-0.4, -0.2) is 41.2 Å². The highest BCUT2D eigenvalue weighted by atomic mass is 16.7. The summed E-state index contributed by atoms with van der Waals surface area (Å²) < 4.78 is 13.5. The Hall–Kier alpha value is -3.55. The zero-order valence-electron chi connectivity index (χ0n) is 21.7. The van der Waals surface area contributed by atoms with Crippen LogP contribution in [0.25, 0.3) is 0 Å². The smallest absolute Gasteiger partial charge is 0.185 e. The van der Waals surface area contributed by atoms with E-state index < -0.39 is 6.29 Å². The number of likely N-dealkylation sites (N-methyl/N-ethyl adjacent to an activating group) is 1. The number of anilines is 1. The molecule has 196 valence electrons. The van der Waals surface area contributed by atoms with E-state index >= 15 is 0 Å². The van der Waals surface area contributed by atoms with Crippen molar-refractivity contribution in [3.63, 3.8) is 0 Å². The van der Waals surface area contributed by atoms with Crippen LogP contribution in [0.4, 0.5) is 5.69 Å². The first kappa shape index (κ1) is 26.1. The van der Waals surface area contributed by atoms with Gasteiger partial charge in [0.15, 0.2) is 6.29 Å². The number of aromatic nitrogens is 1. The van der Waals surface area contributed by atoms with E-state index in [0.29, 0.717) is 5.69 Å². The van der Waals surface area contributed by atoms with E-state index in [1.165, 1.54) is 0 Å². The molecule has 0 amide bonds. The molecule has 1 aromatic heterocycles. The number of hydrogen-bond acceptors (Lipinski definition) is 6. The molecule has 0 aliphatic carbocycles. The first-order valence-electron chi connectivity index (χ1n) is 13.1. The number of aliphatic hydroxyl groups excluding tert-OH is 1. The number of rotatable bonds is 9. The Morgan fingerprint density at radius 2 is 1.61 bits per heavy atom. The number of nitrogen functional groups attached to an aromatic ring is 1. The lowest BCUT2D eigenvalue weighted by atomic mass is 9.83. The fourth-order valence-electron chi connectivity index (χ4n) is 5.12. The number of nitrogens with zero attached hydrogens (tertiary/aromatic N) is 2. The van der Waals surface area contributed by atoms with Crippen molar-refractivity contribution in [2.45, 2.75) is 37.4 Å². The Kier molecular flexibility index (Phi) is 8.46. The molecule has 0 bridgehead atoms. The Morgan fingerprint density at radius 1 is 0.842 bits per heavy atom. The molecule has 4 unspecified atom stereocenters. The average Bonchev–Trinajstić information content (AvgIpc) is 2.97. The van der Waals surface area contributed by atoms with Gasteiger partial charge in [-0.1, -0.05) is 72.8 Å². The summed E-state index contributed by atoms with van der Waals surface area (Å²) in [5, 5.41) is 9.59. The van der Waals surface area contributed by atoms with Gasteiger partial charge in [-0.3, -0.25) is 4.98 Å². The highest BCUT2D eigenvalue weighted by Gasteiger charge is 2.42. The topological polar surface area (TPSA) is 80.8 Å². The lowest BCUT2D eigenvalue weighted by molar-refractivity contribution is -0.263. The van der Waals surface area contributed by atoms with Crippen LogP contribution in [-0.2, 0) is 22.5 Å². The predicted octanol–water partition coefficient (Wildman–Crippen LogP) is 5.27. The molecule has 2 heterocycles. The lowest BCUT2D eigenvalue weighted by Crippen LogP contribution is -2.43. The number of benzene rings is 3. The monoisotopic (exact) mass is 509 g/mol. The van der Waals surface area contributed by atoms with Gasteiger partial charge in [-0.15, -0.1) is 0 Å². The second-order valence-corrected chi connectivity index (χ2v) is 9.90. The van der Waals surface area contributed by atoms with E-state index in [1.54, 1.807) is 0 Å². The van der Waals surface area contributed by atoms with E-state index in [1.807, 2.05) is 60.8 Å². The van der Waals surface area contributed by atoms with Crippen LogP contribution in [0.15, 0.2) is 103 Å². The van der Waals surface area contributed by atoms with Gasteiger partial charge >= 0.3 is 0 Å². The quantitative estimate of drug-likeness (QED) is 0.299. The summed E-state index contributed by atoms with van der Waals surface area (Å²) in [7, 11) is 2.13. The molecule has 1 aliphatic rings. The molecular weight excluding hydrogens is 474 g/mol. The molecule has 3 aromatic carbocycles. The number of pyridine rings is 1. The van der Waals surface area contributed by atoms with Gasteiger partial charge in [0.05, 0.1) is 18.8 Å². The summed E-state index contributed by atoms with van der Waals surface area (Å²) in [6.07, 6.45) is 1.75. The van der Waals surface area contributed by atoms with Gasteiger partial charge < -0.3 is 25.2 Å². The van der Waals surface area contributed by atoms with Gasteiger partial charge in [0, 0.05) is 48.6 Å². The maximum atomic E-state index is 9.59. The molecule has 5 rings (SSSR count). The minimum atomic E-state index is -0.560. The molecule has 38 heavy (non-hydrogen) atoms. The van der Waals surface area contributed by atoms with Crippen molar-refractivity contribution in [2.75, 3.05) is 25.9 Å². The van der Waals surface area contributed by atoms with Gasteiger partial charge in [-0.25, -0.2) is 0 Å². The van der Waals surface area contributed by atoms with Crippen molar-refractivity contribution in [1.82, 2.24) is 9.88 Å². The van der Waals surface area contributed by atoms with E-state index in [9.17, 15) is 5.11 Å². The molecule has 4 atom stereocenters. The van der Waals surface area contributed by atoms with Crippen LogP contribution in [0.5, 0.6) is 0 Å². The van der Waals surface area contributed by atoms with Gasteiger partial charge in [-0.2, -0.15) is 0 Å². The molecule has 6 nitrogen and oxygen atoms in total. The summed E-state index contributed by atoms with van der Waals surface area (Å²) in [4.78, 5) is 6.79. The van der Waals surface area contributed by atoms with Gasteiger partial charge in [0.1, 0.15) is 0 Å². The summed E-state index contributed by atoms with van der Waals surface area (Å²) in [6.45, 7) is 1.59. The summed E-state index contributed by atoms with van der Waals surface area (Å²) in [5.41, 5.74) is 11.9. The maximum Gasteiger partial charge on any atom is 0.185 e. The number of aliphatic hydroxyl groups is 1. The average molecular weight is 510 g/mol. The molecule has 1 fully saturated rings. The van der Waals surface area contributed by atoms with Gasteiger partial charge in [0.25, 0.3) is 0 Å². The van der Waals surface area contributed by atoms with E-state index in [4.69, 9.17) is 15.2 Å². The first-order valence-corrected chi connectivity index (χ1v) is 13.1. The zero-order valence-corrected chi connectivity index (χ0v) is 21.7. The van der Waals surface area contributed by atoms with E-state index in [2.05, 4.69) is 59.4 Å². The Balaban J connectivity index is 1.48. The Labute approximate surface area is 224 Å². The zero-order chi connectivity index (χ0) is 26.3. The van der Waals surface area contributed by atoms with Crippen LogP contribution in [0.3, 0.4) is 0 Å². The fourth-order valence-corrected chi connectivity index (χ4v) is 5.12. The summed E-state index contributed by atoms with van der Waals surface area (Å²) in [5.74, 6) is -0.0363. The van der Waals surface area contributed by atoms with Gasteiger partial charge in [-0.05, 0) is 48.0 Å². The minimum absolute atomic E-state index is 0.00658. The highest BCUT2D eigenvalue weighted by molar-refractivity contribution is 5.41.